The molecule has 2 unspecified atom stereocenters. The van der Waals surface area contributed by atoms with Crippen LogP contribution in [0.25, 0.3) is 0 Å². The second-order valence-corrected chi connectivity index (χ2v) is 6.76. The topological polar surface area (TPSA) is 19.4 Å². The molecular formula is C17H26ClN3. The Bertz CT molecular complexity index is 469. The molecule has 0 radical (unpaired) electrons. The van der Waals surface area contributed by atoms with Crippen molar-refractivity contribution in [2.45, 2.75) is 44.5 Å². The zero-order valence-electron chi connectivity index (χ0n) is 13.2. The van der Waals surface area contributed by atoms with Crippen LogP contribution in [0.4, 0.5) is 5.82 Å². The van der Waals surface area contributed by atoms with Gasteiger partial charge in [0.05, 0.1) is 0 Å². The van der Waals surface area contributed by atoms with Gasteiger partial charge in [0.1, 0.15) is 5.82 Å². The van der Waals surface area contributed by atoms with Crippen LogP contribution < -0.4 is 4.90 Å². The number of halogens is 1. The molecule has 2 saturated heterocycles. The largest absolute Gasteiger partial charge is 0.356 e. The minimum Gasteiger partial charge on any atom is -0.356 e. The highest BCUT2D eigenvalue weighted by atomic mass is 35.5. The lowest BCUT2D eigenvalue weighted by molar-refractivity contribution is 0.102. The van der Waals surface area contributed by atoms with Crippen molar-refractivity contribution in [2.75, 3.05) is 31.6 Å². The van der Waals surface area contributed by atoms with Crippen LogP contribution in [0.2, 0.25) is 0 Å². The second-order valence-electron chi connectivity index (χ2n) is 6.50. The molecule has 2 aliphatic heterocycles. The summed E-state index contributed by atoms with van der Waals surface area (Å²) in [5.74, 6) is 2.51. The van der Waals surface area contributed by atoms with Gasteiger partial charge in [-0.3, -0.25) is 0 Å². The van der Waals surface area contributed by atoms with Crippen LogP contribution in [0.5, 0.6) is 0 Å². The van der Waals surface area contributed by atoms with Gasteiger partial charge in [0.25, 0.3) is 0 Å². The van der Waals surface area contributed by atoms with E-state index < -0.39 is 0 Å². The van der Waals surface area contributed by atoms with Gasteiger partial charge in [-0.25, -0.2) is 4.98 Å². The number of piperidine rings is 2. The lowest BCUT2D eigenvalue weighted by Crippen LogP contribution is -2.52. The number of aryl methyl sites for hydroxylation is 1. The molecule has 3 nitrogen and oxygen atoms in total. The smallest absolute Gasteiger partial charge is 0.129 e. The molecule has 0 spiro atoms. The van der Waals surface area contributed by atoms with E-state index in [9.17, 15) is 0 Å². The van der Waals surface area contributed by atoms with Crippen LogP contribution in [-0.4, -0.2) is 42.6 Å². The first-order chi connectivity index (χ1) is 10.2. The predicted octanol–water partition coefficient (Wildman–Crippen LogP) is 3.30. The van der Waals surface area contributed by atoms with Crippen molar-refractivity contribution in [1.29, 1.82) is 0 Å². The molecule has 0 amide bonds. The summed E-state index contributed by atoms with van der Waals surface area (Å²) in [5.41, 5.74) is 2.35. The van der Waals surface area contributed by atoms with E-state index in [1.807, 2.05) is 0 Å². The maximum atomic E-state index is 6.04. The Labute approximate surface area is 133 Å². The highest BCUT2D eigenvalue weighted by Crippen LogP contribution is 2.31. The van der Waals surface area contributed by atoms with Gasteiger partial charge >= 0.3 is 0 Å². The van der Waals surface area contributed by atoms with Crippen LogP contribution in [-0.2, 0) is 12.3 Å². The van der Waals surface area contributed by atoms with E-state index in [1.165, 1.54) is 31.4 Å². The lowest BCUT2D eigenvalue weighted by atomic mass is 9.84. The first kappa shape index (κ1) is 15.1. The molecule has 3 rings (SSSR count). The van der Waals surface area contributed by atoms with E-state index in [4.69, 9.17) is 16.6 Å². The molecule has 4 heteroatoms. The summed E-state index contributed by atoms with van der Waals surface area (Å²) in [6, 6.07) is 5.09. The number of pyridine rings is 1. The van der Waals surface area contributed by atoms with Crippen molar-refractivity contribution in [3.05, 3.63) is 23.4 Å². The highest BCUT2D eigenvalue weighted by Gasteiger charge is 2.34. The molecule has 0 bridgehead atoms. The van der Waals surface area contributed by atoms with E-state index in [0.29, 0.717) is 5.88 Å². The standard InChI is InChI=1S/C17H26ClN3/c1-3-15-9-13(11-18)10-17(19-15)21-8-6-16-14(12-21)5-4-7-20(16)2/h9-10,14,16H,3-8,11-12H2,1-2H3. The molecule has 2 fully saturated rings. The Kier molecular flexibility index (Phi) is 4.70. The number of anilines is 1. The van der Waals surface area contributed by atoms with E-state index in [0.717, 1.165) is 43.0 Å². The van der Waals surface area contributed by atoms with Crippen molar-refractivity contribution >= 4 is 17.4 Å². The van der Waals surface area contributed by atoms with Gasteiger partial charge in [-0.2, -0.15) is 0 Å². The molecule has 1 aromatic heterocycles. The predicted molar refractivity (Wildman–Crippen MR) is 89.1 cm³/mol. The van der Waals surface area contributed by atoms with Gasteiger partial charge in [-0.1, -0.05) is 6.92 Å². The number of alkyl halides is 1. The summed E-state index contributed by atoms with van der Waals surface area (Å²) in [7, 11) is 2.29. The van der Waals surface area contributed by atoms with Gasteiger partial charge in [-0.05, 0) is 62.9 Å². The third-order valence-corrected chi connectivity index (χ3v) is 5.42. The maximum absolute atomic E-state index is 6.04. The fraction of sp³-hybridized carbons (Fsp3) is 0.706. The molecule has 2 aliphatic rings. The number of hydrogen-bond acceptors (Lipinski definition) is 3. The molecule has 0 saturated carbocycles. The Morgan fingerprint density at radius 2 is 2.14 bits per heavy atom. The minimum absolute atomic E-state index is 0.575. The molecule has 3 heterocycles. The van der Waals surface area contributed by atoms with Crippen molar-refractivity contribution in [2.24, 2.45) is 5.92 Å². The Hall–Kier alpha value is -0.800. The van der Waals surface area contributed by atoms with Crippen molar-refractivity contribution in [3.63, 3.8) is 0 Å². The van der Waals surface area contributed by atoms with Crippen LogP contribution in [0.1, 0.15) is 37.4 Å². The van der Waals surface area contributed by atoms with Gasteiger partial charge in [0.2, 0.25) is 0 Å². The van der Waals surface area contributed by atoms with Crippen molar-refractivity contribution in [3.8, 4) is 0 Å². The number of hydrogen-bond donors (Lipinski definition) is 0. The van der Waals surface area contributed by atoms with Gasteiger partial charge in [-0.15, -0.1) is 11.6 Å². The lowest BCUT2D eigenvalue weighted by Gasteiger charge is -2.46. The zero-order valence-corrected chi connectivity index (χ0v) is 13.9. The van der Waals surface area contributed by atoms with Gasteiger partial charge < -0.3 is 9.80 Å². The first-order valence-electron chi connectivity index (χ1n) is 8.22. The number of aromatic nitrogens is 1. The third-order valence-electron chi connectivity index (χ3n) is 5.11. The number of fused-ring (bicyclic) bond motifs is 1. The Balaban J connectivity index is 1.78. The highest BCUT2D eigenvalue weighted by molar-refractivity contribution is 6.17. The van der Waals surface area contributed by atoms with Crippen LogP contribution in [0, 0.1) is 5.92 Å². The summed E-state index contributed by atoms with van der Waals surface area (Å²) >= 11 is 6.04. The first-order valence-corrected chi connectivity index (χ1v) is 8.75. The molecule has 21 heavy (non-hydrogen) atoms. The fourth-order valence-corrected chi connectivity index (χ4v) is 4.07. The average molecular weight is 308 g/mol. The molecule has 2 atom stereocenters. The Morgan fingerprint density at radius 3 is 2.90 bits per heavy atom. The van der Waals surface area contributed by atoms with E-state index in [1.54, 1.807) is 0 Å². The van der Waals surface area contributed by atoms with Crippen LogP contribution >= 0.6 is 11.6 Å². The number of rotatable bonds is 3. The summed E-state index contributed by atoms with van der Waals surface area (Å²) in [6.07, 6.45) is 4.93. The normalized spacial score (nSPS) is 26.7. The average Bonchev–Trinajstić information content (AvgIpc) is 2.54. The zero-order chi connectivity index (χ0) is 14.8. The molecule has 0 N–H and O–H groups in total. The Morgan fingerprint density at radius 1 is 1.29 bits per heavy atom. The molecular weight excluding hydrogens is 282 g/mol. The third kappa shape index (κ3) is 3.19. The van der Waals surface area contributed by atoms with E-state index >= 15 is 0 Å². The SMILES string of the molecule is CCc1cc(CCl)cc(N2CCC3C(CCCN3C)C2)n1. The van der Waals surface area contributed by atoms with E-state index in [-0.39, 0.29) is 0 Å². The monoisotopic (exact) mass is 307 g/mol. The number of nitrogens with zero attached hydrogens (tertiary/aromatic N) is 3. The molecule has 1 aromatic rings. The maximum Gasteiger partial charge on any atom is 0.129 e. The molecule has 0 aromatic carbocycles. The van der Waals surface area contributed by atoms with Crippen molar-refractivity contribution < 1.29 is 0 Å². The van der Waals surface area contributed by atoms with Crippen LogP contribution in [0.3, 0.4) is 0 Å². The minimum atomic E-state index is 0.575. The summed E-state index contributed by atoms with van der Waals surface area (Å²) in [5, 5.41) is 0. The second kappa shape index (κ2) is 6.53. The van der Waals surface area contributed by atoms with Gasteiger partial charge in [0.15, 0.2) is 0 Å². The summed E-state index contributed by atoms with van der Waals surface area (Å²) in [4.78, 5) is 9.88. The quantitative estimate of drug-likeness (QED) is 0.799. The summed E-state index contributed by atoms with van der Waals surface area (Å²) in [6.45, 7) is 5.69. The molecule has 0 aliphatic carbocycles. The van der Waals surface area contributed by atoms with Gasteiger partial charge in [0, 0.05) is 30.7 Å². The summed E-state index contributed by atoms with van der Waals surface area (Å²) < 4.78 is 0. The molecule has 116 valence electrons. The number of likely N-dealkylation sites (tertiary alicyclic amines) is 1. The van der Waals surface area contributed by atoms with E-state index in [2.05, 4.69) is 35.9 Å². The van der Waals surface area contributed by atoms with Crippen LogP contribution in [0.15, 0.2) is 12.1 Å². The fourth-order valence-electron chi connectivity index (χ4n) is 3.91. The van der Waals surface area contributed by atoms with Crippen molar-refractivity contribution in [1.82, 2.24) is 9.88 Å².